The van der Waals surface area contributed by atoms with Crippen LogP contribution in [0.3, 0.4) is 0 Å². The molecule has 0 aliphatic heterocycles. The number of alkyl carbamates (subject to hydrolysis) is 3. The van der Waals surface area contributed by atoms with Crippen LogP contribution in [-0.2, 0) is 28.6 Å². The Kier molecular flexibility index (Phi) is 19.4. The lowest BCUT2D eigenvalue weighted by atomic mass is 9.97. The Morgan fingerprint density at radius 2 is 0.902 bits per heavy atom. The molecule has 6 aromatic rings. The second-order valence-corrected chi connectivity index (χ2v) is 24.2. The van der Waals surface area contributed by atoms with Gasteiger partial charge in [-0.05, 0) is 147 Å². The number of methoxy groups -OCH3 is 3. The summed E-state index contributed by atoms with van der Waals surface area (Å²) in [6, 6.07) is 9.34. The average Bonchev–Trinajstić information content (AvgIpc) is 3.49. The van der Waals surface area contributed by atoms with Crippen molar-refractivity contribution in [2.75, 3.05) is 21.3 Å². The number of nitrogens with zero attached hydrogens (tertiary/aromatic N) is 1. The lowest BCUT2D eigenvalue weighted by molar-refractivity contribution is -0.138. The molecular weight excluding hydrogens is 1060 g/mol. The van der Waals surface area contributed by atoms with Crippen LogP contribution in [0.25, 0.3) is 49.3 Å². The maximum Gasteiger partial charge on any atom is 0.408 e. The minimum absolute atomic E-state index is 0.00755. The summed E-state index contributed by atoms with van der Waals surface area (Å²) in [5.41, 5.74) is -1.97. The standard InChI is InChI=1S/C61H78N4O17/c1-31(2)23-38(62-56(70)80-59(7,8)9)52(66)76-41-20-19-35(27-43(41)73-16)48-49-37-29-45(75-18)47(79-54(68)40(25-33(5)6)64-58(72)82-61(13,14)15)30-42(37)77-55(69)51(49)65-22-21-34-26-46(44(74-17)28-36(34)50(48)65)78-53(67)39(24-32(3)4)63-57(71)81-60(10,11)12/h19-22,26-33,38-40H,23-25H2,1-18H3,(H,62,70)(H,63,71)(H,64,72)/t38-,39-,40-/m0/s1. The number of aromatic nitrogens is 1. The summed E-state index contributed by atoms with van der Waals surface area (Å²) >= 11 is 0. The van der Waals surface area contributed by atoms with Crippen LogP contribution in [0.2, 0.25) is 0 Å². The number of carbonyl (C=O) groups excluding carboxylic acids is 6. The van der Waals surface area contributed by atoms with Crippen molar-refractivity contribution < 1.29 is 75.8 Å². The third kappa shape index (κ3) is 15.8. The van der Waals surface area contributed by atoms with Gasteiger partial charge in [0.15, 0.2) is 34.5 Å². The number of carbonyl (C=O) groups is 6. The van der Waals surface area contributed by atoms with E-state index in [-0.39, 0.29) is 82.6 Å². The first kappa shape index (κ1) is 63.0. The maximum absolute atomic E-state index is 14.7. The number of amides is 3. The van der Waals surface area contributed by atoms with Crippen LogP contribution in [0, 0.1) is 17.8 Å². The molecule has 3 amide bonds. The third-order valence-corrected chi connectivity index (χ3v) is 12.3. The van der Waals surface area contributed by atoms with Gasteiger partial charge in [0.25, 0.3) is 0 Å². The fourth-order valence-corrected chi connectivity index (χ4v) is 9.12. The second-order valence-electron chi connectivity index (χ2n) is 24.2. The largest absolute Gasteiger partial charge is 0.493 e. The summed E-state index contributed by atoms with van der Waals surface area (Å²) in [7, 11) is 4.16. The SMILES string of the molecule is COc1cc(-c2c3c4cc(OC)c(OC(=O)[C@H](CC(C)C)NC(=O)OC(C)(C)C)cc4oc(=O)c3n3ccc4cc(OC(=O)[C@H](CC(C)C)NC(=O)OC(C)(C)C)c(OC)cc4c23)ccc1OC(=O)[C@H](CC(C)C)NC(=O)OC(C)(C)C. The Morgan fingerprint density at radius 1 is 0.500 bits per heavy atom. The van der Waals surface area contributed by atoms with Gasteiger partial charge >= 0.3 is 41.8 Å². The van der Waals surface area contributed by atoms with Gasteiger partial charge in [0.1, 0.15) is 46.0 Å². The van der Waals surface area contributed by atoms with Crippen molar-refractivity contribution in [3.05, 3.63) is 65.1 Å². The molecule has 21 heteroatoms. The molecule has 6 rings (SSSR count). The smallest absolute Gasteiger partial charge is 0.408 e. The van der Waals surface area contributed by atoms with E-state index in [4.69, 9.17) is 47.0 Å². The van der Waals surface area contributed by atoms with Gasteiger partial charge in [0.05, 0.1) is 26.8 Å². The molecule has 0 saturated heterocycles. The van der Waals surface area contributed by atoms with Crippen molar-refractivity contribution in [2.24, 2.45) is 17.8 Å². The number of ether oxygens (including phenoxy) is 9. The molecule has 3 aromatic heterocycles. The quantitative estimate of drug-likeness (QED) is 0.0295. The van der Waals surface area contributed by atoms with Crippen LogP contribution in [0.15, 0.2) is 63.9 Å². The topological polar surface area (TPSA) is 256 Å². The van der Waals surface area contributed by atoms with Crippen LogP contribution in [-0.4, -0.2) is 96.8 Å². The number of hydrogen-bond acceptors (Lipinski definition) is 17. The van der Waals surface area contributed by atoms with E-state index < -0.39 is 76.7 Å². The van der Waals surface area contributed by atoms with E-state index in [0.29, 0.717) is 38.2 Å². The van der Waals surface area contributed by atoms with E-state index >= 15 is 0 Å². The molecule has 82 heavy (non-hydrogen) atoms. The van der Waals surface area contributed by atoms with Gasteiger partial charge in [-0.1, -0.05) is 47.6 Å². The molecule has 0 spiro atoms. The van der Waals surface area contributed by atoms with Crippen molar-refractivity contribution in [1.29, 1.82) is 0 Å². The average molecular weight is 1140 g/mol. The van der Waals surface area contributed by atoms with Crippen molar-refractivity contribution in [3.8, 4) is 45.6 Å². The lowest BCUT2D eigenvalue weighted by Crippen LogP contribution is -2.45. The molecule has 0 unspecified atom stereocenters. The number of esters is 3. The molecule has 3 N–H and O–H groups in total. The highest BCUT2D eigenvalue weighted by Crippen LogP contribution is 2.47. The molecular formula is C61H78N4O17. The number of hydrogen-bond donors (Lipinski definition) is 3. The lowest BCUT2D eigenvalue weighted by Gasteiger charge is -2.24. The van der Waals surface area contributed by atoms with E-state index in [2.05, 4.69) is 16.0 Å². The Bertz CT molecular complexity index is 3440. The second kappa shape index (κ2) is 25.3. The number of fused-ring (bicyclic) bond motifs is 7. The molecule has 0 saturated carbocycles. The van der Waals surface area contributed by atoms with Gasteiger partial charge in [-0.3, -0.25) is 0 Å². The molecule has 0 radical (unpaired) electrons. The van der Waals surface area contributed by atoms with E-state index in [1.165, 1.54) is 33.5 Å². The number of rotatable bonds is 19. The highest BCUT2D eigenvalue weighted by molar-refractivity contribution is 6.22. The molecule has 0 aliphatic rings. The molecule has 0 fully saturated rings. The summed E-state index contributed by atoms with van der Waals surface area (Å²) in [6.07, 6.45) is -0.113. The van der Waals surface area contributed by atoms with Crippen molar-refractivity contribution in [1.82, 2.24) is 20.4 Å². The zero-order chi connectivity index (χ0) is 60.9. The Morgan fingerprint density at radius 3 is 1.32 bits per heavy atom. The molecule has 444 valence electrons. The minimum atomic E-state index is -1.14. The third-order valence-electron chi connectivity index (χ3n) is 12.3. The fraction of sp³-hybridized carbons (Fsp3) is 0.492. The van der Waals surface area contributed by atoms with E-state index in [1.54, 1.807) is 109 Å². The normalized spacial score (nSPS) is 13.2. The van der Waals surface area contributed by atoms with Crippen LogP contribution in [0.1, 0.15) is 123 Å². The highest BCUT2D eigenvalue weighted by Gasteiger charge is 2.33. The van der Waals surface area contributed by atoms with Gasteiger partial charge in [-0.25, -0.2) is 33.6 Å². The van der Waals surface area contributed by atoms with Gasteiger partial charge < -0.3 is 67.4 Å². The predicted molar refractivity (Wildman–Crippen MR) is 308 cm³/mol. The summed E-state index contributed by atoms with van der Waals surface area (Å²) in [4.78, 5) is 95.4. The van der Waals surface area contributed by atoms with Gasteiger partial charge in [0.2, 0.25) is 0 Å². The molecule has 3 heterocycles. The molecule has 21 nitrogen and oxygen atoms in total. The molecule has 3 atom stereocenters. The zero-order valence-corrected chi connectivity index (χ0v) is 50.2. The Labute approximate surface area is 476 Å². The summed E-state index contributed by atoms with van der Waals surface area (Å²) in [5, 5.41) is 9.59. The molecule has 3 aromatic carbocycles. The summed E-state index contributed by atoms with van der Waals surface area (Å²) in [5.74, 6) is -2.33. The number of nitrogens with one attached hydrogen (secondary N) is 3. The van der Waals surface area contributed by atoms with Crippen LogP contribution in [0.4, 0.5) is 14.4 Å². The van der Waals surface area contributed by atoms with Crippen molar-refractivity contribution in [2.45, 2.75) is 158 Å². The van der Waals surface area contributed by atoms with Crippen LogP contribution >= 0.6 is 0 Å². The highest BCUT2D eigenvalue weighted by atomic mass is 16.6. The zero-order valence-electron chi connectivity index (χ0n) is 50.2. The van der Waals surface area contributed by atoms with Crippen molar-refractivity contribution in [3.63, 3.8) is 0 Å². The minimum Gasteiger partial charge on any atom is -0.493 e. The number of benzene rings is 3. The predicted octanol–water partition coefficient (Wildman–Crippen LogP) is 11.6. The Balaban J connectivity index is 1.58. The maximum atomic E-state index is 14.7. The summed E-state index contributed by atoms with van der Waals surface area (Å²) < 4.78 is 59.7. The van der Waals surface area contributed by atoms with E-state index in [9.17, 15) is 33.6 Å². The first-order chi connectivity index (χ1) is 38.2. The van der Waals surface area contributed by atoms with Gasteiger partial charge in [-0.15, -0.1) is 0 Å². The van der Waals surface area contributed by atoms with Crippen LogP contribution < -0.4 is 50.0 Å². The fourth-order valence-electron chi connectivity index (χ4n) is 9.12. The first-order valence-electron chi connectivity index (χ1n) is 27.1. The van der Waals surface area contributed by atoms with Gasteiger partial charge in [0, 0.05) is 34.0 Å². The summed E-state index contributed by atoms with van der Waals surface area (Å²) in [6.45, 7) is 26.7. The van der Waals surface area contributed by atoms with Crippen LogP contribution in [0.5, 0.6) is 34.5 Å². The van der Waals surface area contributed by atoms with E-state index in [0.717, 1.165) is 0 Å². The Hall–Kier alpha value is -8.23. The molecule has 0 bridgehead atoms. The van der Waals surface area contributed by atoms with Gasteiger partial charge in [-0.2, -0.15) is 0 Å². The number of pyridine rings is 1. The first-order valence-corrected chi connectivity index (χ1v) is 27.1. The van der Waals surface area contributed by atoms with Crippen molar-refractivity contribution >= 4 is 74.3 Å². The molecule has 0 aliphatic carbocycles. The van der Waals surface area contributed by atoms with E-state index in [1.807, 2.05) is 41.5 Å². The monoisotopic (exact) mass is 1140 g/mol.